The molecule has 6 heteroatoms. The molecule has 0 aliphatic rings. The molecule has 6 nitrogen and oxygen atoms in total. The van der Waals surface area contributed by atoms with Crippen LogP contribution in [0.1, 0.15) is 45.2 Å². The van der Waals surface area contributed by atoms with Crippen molar-refractivity contribution in [2.24, 2.45) is 0 Å². The van der Waals surface area contributed by atoms with Crippen LogP contribution in [0.5, 0.6) is 11.5 Å². The van der Waals surface area contributed by atoms with Gasteiger partial charge in [0, 0.05) is 6.07 Å². The predicted molar refractivity (Wildman–Crippen MR) is 120 cm³/mol. The molecule has 1 atom stereocenters. The number of hydrogen-bond acceptors (Lipinski definition) is 5. The summed E-state index contributed by atoms with van der Waals surface area (Å²) in [5.74, 6) is 7.26. The summed E-state index contributed by atoms with van der Waals surface area (Å²) in [6.45, 7) is 7.83. The van der Waals surface area contributed by atoms with Gasteiger partial charge in [0.1, 0.15) is 30.3 Å². The standard InChI is InChI=1S/C25H31NO5/c1-5-21(26-24(28)31-25(2,3)4)13-11-20-12-14-22(17-23(20)29-16-15-27)30-18-19-9-7-6-8-10-19/h6-10,12,14,17,21,27H,5,15-16,18H2,1-4H3,(H,26,28)/t21-/m1/s1. The van der Waals surface area contributed by atoms with E-state index in [4.69, 9.17) is 19.3 Å². The van der Waals surface area contributed by atoms with E-state index in [1.807, 2.05) is 64.1 Å². The minimum absolute atomic E-state index is 0.111. The summed E-state index contributed by atoms with van der Waals surface area (Å²) in [7, 11) is 0. The average Bonchev–Trinajstić information content (AvgIpc) is 2.73. The van der Waals surface area contributed by atoms with Crippen molar-refractivity contribution in [1.29, 1.82) is 0 Å². The molecule has 2 aromatic rings. The third-order valence-electron chi connectivity index (χ3n) is 4.03. The maximum Gasteiger partial charge on any atom is 0.408 e. The molecule has 0 heterocycles. The molecule has 0 radical (unpaired) electrons. The highest BCUT2D eigenvalue weighted by Gasteiger charge is 2.18. The zero-order valence-electron chi connectivity index (χ0n) is 18.6. The highest BCUT2D eigenvalue weighted by atomic mass is 16.6. The summed E-state index contributed by atoms with van der Waals surface area (Å²) in [4.78, 5) is 12.0. The lowest BCUT2D eigenvalue weighted by atomic mass is 10.1. The van der Waals surface area contributed by atoms with Crippen molar-refractivity contribution in [1.82, 2.24) is 5.32 Å². The van der Waals surface area contributed by atoms with Gasteiger partial charge in [-0.3, -0.25) is 0 Å². The molecule has 166 valence electrons. The van der Waals surface area contributed by atoms with Crippen molar-refractivity contribution < 1.29 is 24.1 Å². The molecule has 1 amide bonds. The Labute approximate surface area is 184 Å². The van der Waals surface area contributed by atoms with Gasteiger partial charge in [0.2, 0.25) is 0 Å². The van der Waals surface area contributed by atoms with E-state index in [-0.39, 0.29) is 19.3 Å². The van der Waals surface area contributed by atoms with Crippen LogP contribution >= 0.6 is 0 Å². The summed E-state index contributed by atoms with van der Waals surface area (Å²) in [6, 6.07) is 14.9. The third kappa shape index (κ3) is 9.02. The lowest BCUT2D eigenvalue weighted by Gasteiger charge is -2.21. The van der Waals surface area contributed by atoms with Crippen LogP contribution in [0.4, 0.5) is 4.79 Å². The fraction of sp³-hybridized carbons (Fsp3) is 0.400. The van der Waals surface area contributed by atoms with E-state index in [0.717, 1.165) is 5.56 Å². The van der Waals surface area contributed by atoms with E-state index >= 15 is 0 Å². The molecular weight excluding hydrogens is 394 g/mol. The number of benzene rings is 2. The Morgan fingerprint density at radius 2 is 1.87 bits per heavy atom. The second kappa shape index (κ2) is 11.9. The van der Waals surface area contributed by atoms with Crippen LogP contribution in [-0.2, 0) is 11.3 Å². The Bertz CT molecular complexity index is 894. The van der Waals surface area contributed by atoms with Crippen molar-refractivity contribution in [3.05, 3.63) is 59.7 Å². The summed E-state index contributed by atoms with van der Waals surface area (Å²) in [5.41, 5.74) is 1.13. The van der Waals surface area contributed by atoms with Crippen LogP contribution in [0.25, 0.3) is 0 Å². The number of carbonyl (C=O) groups excluding carboxylic acids is 1. The molecule has 2 N–H and O–H groups in total. The number of rotatable bonds is 8. The lowest BCUT2D eigenvalue weighted by molar-refractivity contribution is 0.0515. The van der Waals surface area contributed by atoms with Crippen molar-refractivity contribution in [2.45, 2.75) is 52.4 Å². The largest absolute Gasteiger partial charge is 0.490 e. The van der Waals surface area contributed by atoms with Gasteiger partial charge in [-0.1, -0.05) is 49.1 Å². The molecular formula is C25H31NO5. The van der Waals surface area contributed by atoms with Crippen LogP contribution in [0.15, 0.2) is 48.5 Å². The van der Waals surface area contributed by atoms with Crippen LogP contribution in [0, 0.1) is 11.8 Å². The molecule has 31 heavy (non-hydrogen) atoms. The Morgan fingerprint density at radius 1 is 1.13 bits per heavy atom. The van der Waals surface area contributed by atoms with Gasteiger partial charge >= 0.3 is 6.09 Å². The van der Waals surface area contributed by atoms with Gasteiger partial charge in [-0.15, -0.1) is 0 Å². The number of hydrogen-bond donors (Lipinski definition) is 2. The smallest absolute Gasteiger partial charge is 0.408 e. The normalized spacial score (nSPS) is 11.6. The molecule has 2 aromatic carbocycles. The van der Waals surface area contributed by atoms with Gasteiger partial charge in [-0.2, -0.15) is 0 Å². The SMILES string of the molecule is CC[C@H](C#Cc1ccc(OCc2ccccc2)cc1OCCO)NC(=O)OC(C)(C)C. The van der Waals surface area contributed by atoms with E-state index in [9.17, 15) is 4.79 Å². The number of ether oxygens (including phenoxy) is 3. The first-order valence-electron chi connectivity index (χ1n) is 10.4. The first-order chi connectivity index (χ1) is 14.8. The number of alkyl carbamates (subject to hydrolysis) is 1. The fourth-order valence-electron chi connectivity index (χ4n) is 2.57. The van der Waals surface area contributed by atoms with Gasteiger partial charge in [0.15, 0.2) is 0 Å². The average molecular weight is 426 g/mol. The highest BCUT2D eigenvalue weighted by Crippen LogP contribution is 2.25. The Hall–Kier alpha value is -3.17. The molecule has 0 bridgehead atoms. The Balaban J connectivity index is 2.12. The minimum Gasteiger partial charge on any atom is -0.490 e. The van der Waals surface area contributed by atoms with Crippen molar-refractivity contribution in [2.75, 3.05) is 13.2 Å². The van der Waals surface area contributed by atoms with Crippen LogP contribution in [-0.4, -0.2) is 36.1 Å². The zero-order valence-corrected chi connectivity index (χ0v) is 18.6. The molecule has 0 saturated heterocycles. The fourth-order valence-corrected chi connectivity index (χ4v) is 2.57. The van der Waals surface area contributed by atoms with Gasteiger partial charge in [-0.25, -0.2) is 4.79 Å². The van der Waals surface area contributed by atoms with Crippen LogP contribution in [0.2, 0.25) is 0 Å². The van der Waals surface area contributed by atoms with Gasteiger partial charge in [-0.05, 0) is 44.9 Å². The van der Waals surface area contributed by atoms with Crippen LogP contribution < -0.4 is 14.8 Å². The van der Waals surface area contributed by atoms with Crippen molar-refractivity contribution in [3.8, 4) is 23.3 Å². The minimum atomic E-state index is -0.573. The third-order valence-corrected chi connectivity index (χ3v) is 4.03. The monoisotopic (exact) mass is 425 g/mol. The topological polar surface area (TPSA) is 77.0 Å². The summed E-state index contributed by atoms with van der Waals surface area (Å²) < 4.78 is 16.8. The van der Waals surface area contributed by atoms with E-state index in [1.165, 1.54) is 0 Å². The lowest BCUT2D eigenvalue weighted by Crippen LogP contribution is -2.38. The second-order valence-electron chi connectivity index (χ2n) is 7.88. The first-order valence-corrected chi connectivity index (χ1v) is 10.4. The summed E-state index contributed by atoms with van der Waals surface area (Å²) in [6.07, 6.45) is 0.118. The van der Waals surface area contributed by atoms with E-state index < -0.39 is 11.7 Å². The summed E-state index contributed by atoms with van der Waals surface area (Å²) in [5, 5.41) is 11.9. The van der Waals surface area contributed by atoms with E-state index in [1.54, 1.807) is 12.1 Å². The zero-order chi connectivity index (χ0) is 22.7. The summed E-state index contributed by atoms with van der Waals surface area (Å²) >= 11 is 0. The second-order valence-corrected chi connectivity index (χ2v) is 7.88. The number of nitrogens with one attached hydrogen (secondary N) is 1. The first kappa shape index (κ1) is 24.1. The van der Waals surface area contributed by atoms with Crippen molar-refractivity contribution >= 4 is 6.09 Å². The quantitative estimate of drug-likeness (QED) is 0.617. The maximum absolute atomic E-state index is 12.0. The van der Waals surface area contributed by atoms with E-state index in [2.05, 4.69) is 17.2 Å². The number of carbonyl (C=O) groups is 1. The predicted octanol–water partition coefficient (Wildman–Crippen LogP) is 4.29. The molecule has 0 fully saturated rings. The molecule has 0 saturated carbocycles. The maximum atomic E-state index is 12.0. The van der Waals surface area contributed by atoms with Crippen LogP contribution in [0.3, 0.4) is 0 Å². The Morgan fingerprint density at radius 3 is 2.52 bits per heavy atom. The number of aliphatic hydroxyl groups excluding tert-OH is 1. The molecule has 0 aliphatic carbocycles. The molecule has 0 aliphatic heterocycles. The molecule has 0 spiro atoms. The van der Waals surface area contributed by atoms with Gasteiger partial charge < -0.3 is 24.6 Å². The molecule has 0 aromatic heterocycles. The molecule has 2 rings (SSSR count). The number of aliphatic hydroxyl groups is 1. The van der Waals surface area contributed by atoms with Gasteiger partial charge in [0.25, 0.3) is 0 Å². The Kier molecular flexibility index (Phi) is 9.23. The van der Waals surface area contributed by atoms with Crippen molar-refractivity contribution in [3.63, 3.8) is 0 Å². The molecule has 0 unspecified atom stereocenters. The highest BCUT2D eigenvalue weighted by molar-refractivity contribution is 5.68. The number of amides is 1. The van der Waals surface area contributed by atoms with Gasteiger partial charge in [0.05, 0.1) is 18.2 Å². The van der Waals surface area contributed by atoms with E-state index in [0.29, 0.717) is 30.1 Å².